The molecule has 0 aromatic heterocycles. The molecule has 2 aromatic carbocycles. The van der Waals surface area contributed by atoms with Crippen LogP contribution in [0.2, 0.25) is 0 Å². The van der Waals surface area contributed by atoms with E-state index in [1.807, 2.05) is 48.2 Å². The van der Waals surface area contributed by atoms with Gasteiger partial charge in [0, 0.05) is 38.3 Å². The molecule has 6 heteroatoms. The number of aryl methyl sites for hydroxylation is 1. The molecule has 0 aliphatic carbocycles. The lowest BCUT2D eigenvalue weighted by molar-refractivity contribution is 0.142. The van der Waals surface area contributed by atoms with E-state index in [4.69, 9.17) is 9.47 Å². The number of rotatable bonds is 5. The fourth-order valence-corrected chi connectivity index (χ4v) is 3.30. The molecule has 2 amide bonds. The number of methoxy groups -OCH3 is 2. The average Bonchev–Trinajstić information content (AvgIpc) is 2.69. The van der Waals surface area contributed by atoms with Crippen molar-refractivity contribution in [1.29, 1.82) is 0 Å². The molecule has 0 saturated carbocycles. The number of nitrogens with zero attached hydrogens (tertiary/aromatic N) is 2. The quantitative estimate of drug-likeness (QED) is 0.878. The molecule has 1 aliphatic rings. The van der Waals surface area contributed by atoms with Crippen LogP contribution >= 0.6 is 0 Å². The lowest BCUT2D eigenvalue weighted by Gasteiger charge is -2.35. The highest BCUT2D eigenvalue weighted by Gasteiger charge is 2.22. The largest absolute Gasteiger partial charge is 0.496 e. The van der Waals surface area contributed by atoms with E-state index in [2.05, 4.69) is 16.3 Å². The minimum absolute atomic E-state index is 0.0872. The summed E-state index contributed by atoms with van der Waals surface area (Å²) < 4.78 is 10.8. The maximum Gasteiger partial charge on any atom is 0.322 e. The van der Waals surface area contributed by atoms with Crippen molar-refractivity contribution in [2.45, 2.75) is 13.5 Å². The van der Waals surface area contributed by atoms with Crippen LogP contribution in [-0.4, -0.2) is 56.2 Å². The summed E-state index contributed by atoms with van der Waals surface area (Å²) in [5.74, 6) is 1.58. The Hall–Kier alpha value is -2.73. The van der Waals surface area contributed by atoms with Crippen LogP contribution in [0.5, 0.6) is 11.5 Å². The number of carbonyl (C=O) groups excluding carboxylic acids is 1. The first-order valence-electron chi connectivity index (χ1n) is 9.15. The highest BCUT2D eigenvalue weighted by molar-refractivity contribution is 5.91. The Morgan fingerprint density at radius 2 is 1.70 bits per heavy atom. The molecule has 1 fully saturated rings. The average molecular weight is 369 g/mol. The van der Waals surface area contributed by atoms with E-state index in [1.165, 1.54) is 5.56 Å². The highest BCUT2D eigenvalue weighted by atomic mass is 16.5. The predicted octanol–water partition coefficient (Wildman–Crippen LogP) is 3.36. The molecule has 0 radical (unpaired) electrons. The van der Waals surface area contributed by atoms with E-state index in [0.29, 0.717) is 24.5 Å². The molecule has 0 unspecified atom stereocenters. The third-order valence-electron chi connectivity index (χ3n) is 4.84. The molecular weight excluding hydrogens is 342 g/mol. The van der Waals surface area contributed by atoms with Gasteiger partial charge < -0.3 is 19.7 Å². The van der Waals surface area contributed by atoms with Gasteiger partial charge in [0.25, 0.3) is 0 Å². The van der Waals surface area contributed by atoms with E-state index < -0.39 is 0 Å². The molecule has 0 spiro atoms. The number of ether oxygens (including phenoxy) is 2. The van der Waals surface area contributed by atoms with E-state index in [-0.39, 0.29) is 6.03 Å². The molecule has 27 heavy (non-hydrogen) atoms. The van der Waals surface area contributed by atoms with Crippen LogP contribution in [0.1, 0.15) is 11.1 Å². The van der Waals surface area contributed by atoms with Crippen molar-refractivity contribution < 1.29 is 14.3 Å². The van der Waals surface area contributed by atoms with E-state index in [1.54, 1.807) is 14.2 Å². The zero-order chi connectivity index (χ0) is 19.2. The Morgan fingerprint density at radius 1 is 1.00 bits per heavy atom. The van der Waals surface area contributed by atoms with E-state index in [9.17, 15) is 4.79 Å². The second-order valence-corrected chi connectivity index (χ2v) is 6.71. The number of para-hydroxylation sites is 1. The Kier molecular flexibility index (Phi) is 6.19. The summed E-state index contributed by atoms with van der Waals surface area (Å²) in [7, 11) is 3.30. The van der Waals surface area contributed by atoms with Crippen LogP contribution in [0.15, 0.2) is 42.5 Å². The van der Waals surface area contributed by atoms with Crippen LogP contribution in [0.25, 0.3) is 0 Å². The van der Waals surface area contributed by atoms with Crippen LogP contribution < -0.4 is 14.8 Å². The minimum atomic E-state index is -0.0872. The summed E-state index contributed by atoms with van der Waals surface area (Å²) in [6.45, 7) is 5.86. The molecule has 0 bridgehead atoms. The maximum atomic E-state index is 12.6. The van der Waals surface area contributed by atoms with Crippen molar-refractivity contribution in [3.8, 4) is 11.5 Å². The zero-order valence-corrected chi connectivity index (χ0v) is 16.2. The van der Waals surface area contributed by atoms with Gasteiger partial charge in [0.1, 0.15) is 11.5 Å². The topological polar surface area (TPSA) is 54.0 Å². The SMILES string of the molecule is COc1ccccc1CN1CCN(C(=O)Nc2cc(C)ccc2OC)CC1. The normalized spacial score (nSPS) is 14.7. The minimum Gasteiger partial charge on any atom is -0.496 e. The molecule has 6 nitrogen and oxygen atoms in total. The van der Waals surface area contributed by atoms with E-state index in [0.717, 1.165) is 30.9 Å². The van der Waals surface area contributed by atoms with Gasteiger partial charge in [-0.3, -0.25) is 4.90 Å². The highest BCUT2D eigenvalue weighted by Crippen LogP contribution is 2.26. The van der Waals surface area contributed by atoms with Gasteiger partial charge in [0.05, 0.1) is 19.9 Å². The van der Waals surface area contributed by atoms with Crippen molar-refractivity contribution in [2.75, 3.05) is 45.7 Å². The number of amides is 2. The van der Waals surface area contributed by atoms with Crippen molar-refractivity contribution >= 4 is 11.7 Å². The fraction of sp³-hybridized carbons (Fsp3) is 0.381. The smallest absolute Gasteiger partial charge is 0.322 e. The van der Waals surface area contributed by atoms with Crippen LogP contribution in [0, 0.1) is 6.92 Å². The van der Waals surface area contributed by atoms with Gasteiger partial charge in [-0.05, 0) is 30.7 Å². The summed E-state index contributed by atoms with van der Waals surface area (Å²) in [5, 5.41) is 2.98. The molecule has 1 heterocycles. The van der Waals surface area contributed by atoms with Gasteiger partial charge in [-0.2, -0.15) is 0 Å². The number of anilines is 1. The summed E-state index contributed by atoms with van der Waals surface area (Å²) in [5.41, 5.74) is 2.95. The first-order chi connectivity index (χ1) is 13.1. The summed E-state index contributed by atoms with van der Waals surface area (Å²) in [4.78, 5) is 16.8. The Balaban J connectivity index is 1.56. The number of hydrogen-bond acceptors (Lipinski definition) is 4. The van der Waals surface area contributed by atoms with Crippen molar-refractivity contribution in [3.05, 3.63) is 53.6 Å². The third-order valence-corrected chi connectivity index (χ3v) is 4.84. The number of hydrogen-bond donors (Lipinski definition) is 1. The zero-order valence-electron chi connectivity index (χ0n) is 16.2. The standard InChI is InChI=1S/C21H27N3O3/c1-16-8-9-20(27-3)18(14-16)22-21(25)24-12-10-23(11-13-24)15-17-6-4-5-7-19(17)26-2/h4-9,14H,10-13,15H2,1-3H3,(H,22,25). The first kappa shape index (κ1) is 19.0. The van der Waals surface area contributed by atoms with Gasteiger partial charge in [0.2, 0.25) is 0 Å². The molecular formula is C21H27N3O3. The molecule has 144 valence electrons. The maximum absolute atomic E-state index is 12.6. The fourth-order valence-electron chi connectivity index (χ4n) is 3.30. The number of nitrogens with one attached hydrogen (secondary N) is 1. The van der Waals surface area contributed by atoms with Crippen molar-refractivity contribution in [2.24, 2.45) is 0 Å². The lowest BCUT2D eigenvalue weighted by Crippen LogP contribution is -2.49. The lowest BCUT2D eigenvalue weighted by atomic mass is 10.1. The van der Waals surface area contributed by atoms with Gasteiger partial charge in [-0.25, -0.2) is 4.79 Å². The number of benzene rings is 2. The number of urea groups is 1. The van der Waals surface area contributed by atoms with Gasteiger partial charge in [-0.15, -0.1) is 0 Å². The van der Waals surface area contributed by atoms with E-state index >= 15 is 0 Å². The molecule has 2 aromatic rings. The summed E-state index contributed by atoms with van der Waals surface area (Å²) in [6, 6.07) is 13.7. The number of carbonyl (C=O) groups is 1. The Morgan fingerprint density at radius 3 is 2.41 bits per heavy atom. The van der Waals surface area contributed by atoms with Crippen molar-refractivity contribution in [3.63, 3.8) is 0 Å². The van der Waals surface area contributed by atoms with Crippen LogP contribution in [0.3, 0.4) is 0 Å². The second-order valence-electron chi connectivity index (χ2n) is 6.71. The molecule has 1 saturated heterocycles. The van der Waals surface area contributed by atoms with Crippen LogP contribution in [-0.2, 0) is 6.54 Å². The molecule has 1 N–H and O–H groups in total. The van der Waals surface area contributed by atoms with Crippen molar-refractivity contribution in [1.82, 2.24) is 9.80 Å². The van der Waals surface area contributed by atoms with Gasteiger partial charge in [0.15, 0.2) is 0 Å². The summed E-state index contributed by atoms with van der Waals surface area (Å²) in [6.07, 6.45) is 0. The third kappa shape index (κ3) is 4.71. The molecule has 3 rings (SSSR count). The molecule has 0 atom stereocenters. The first-order valence-corrected chi connectivity index (χ1v) is 9.15. The van der Waals surface area contributed by atoms with Gasteiger partial charge >= 0.3 is 6.03 Å². The Labute approximate surface area is 160 Å². The van der Waals surface area contributed by atoms with Gasteiger partial charge in [-0.1, -0.05) is 24.3 Å². The summed E-state index contributed by atoms with van der Waals surface area (Å²) >= 11 is 0. The Bertz CT molecular complexity index is 786. The number of piperazine rings is 1. The second kappa shape index (κ2) is 8.77. The molecule has 1 aliphatic heterocycles. The monoisotopic (exact) mass is 369 g/mol. The predicted molar refractivity (Wildman–Crippen MR) is 107 cm³/mol. The van der Waals surface area contributed by atoms with Crippen LogP contribution in [0.4, 0.5) is 10.5 Å².